The van der Waals surface area contributed by atoms with Crippen molar-refractivity contribution in [2.75, 3.05) is 0 Å². The lowest BCUT2D eigenvalue weighted by molar-refractivity contribution is 0.773. The third kappa shape index (κ3) is 3.04. The van der Waals surface area contributed by atoms with Crippen LogP contribution in [-0.4, -0.2) is 29.5 Å². The molecule has 5 aromatic rings. The van der Waals surface area contributed by atoms with Gasteiger partial charge in [-0.1, -0.05) is 35.0 Å². The van der Waals surface area contributed by atoms with E-state index in [1.807, 2.05) is 66.9 Å². The number of hydrogen-bond donors (Lipinski definition) is 0. The molecule has 3 heterocycles. The predicted octanol–water partition coefficient (Wildman–Crippen LogP) is 4.38. The van der Waals surface area contributed by atoms with E-state index in [1.165, 1.54) is 0 Å². The molecule has 2 aromatic carbocycles. The largest absolute Gasteiger partial charge is 0.316 e. The Labute approximate surface area is 166 Å². The topological polar surface area (TPSA) is 61.4 Å². The van der Waals surface area contributed by atoms with Gasteiger partial charge in [0, 0.05) is 11.2 Å². The molecular weight excluding hydrogens is 372 g/mol. The number of imidazole rings is 1. The maximum absolute atomic E-state index is 5.97. The van der Waals surface area contributed by atoms with Gasteiger partial charge in [0.2, 0.25) is 0 Å². The molecule has 6 nitrogen and oxygen atoms in total. The second kappa shape index (κ2) is 6.90. The van der Waals surface area contributed by atoms with Crippen molar-refractivity contribution in [1.29, 1.82) is 0 Å². The summed E-state index contributed by atoms with van der Waals surface area (Å²) >= 11 is 5.97. The molecule has 0 radical (unpaired) electrons. The first-order chi connectivity index (χ1) is 13.8. The lowest BCUT2D eigenvalue weighted by Crippen LogP contribution is -2.03. The van der Waals surface area contributed by atoms with Gasteiger partial charge < -0.3 is 4.57 Å². The number of fused-ring (bicyclic) bond motifs is 1. The zero-order valence-electron chi connectivity index (χ0n) is 14.8. The Morgan fingerprint density at radius 1 is 0.893 bits per heavy atom. The average Bonchev–Trinajstić information content (AvgIpc) is 3.35. The third-order valence-electron chi connectivity index (χ3n) is 4.50. The molecule has 0 saturated heterocycles. The molecule has 28 heavy (non-hydrogen) atoms. The molecule has 0 spiro atoms. The van der Waals surface area contributed by atoms with E-state index in [4.69, 9.17) is 16.6 Å². The minimum Gasteiger partial charge on any atom is -0.316 e. The van der Waals surface area contributed by atoms with Gasteiger partial charge in [-0.3, -0.25) is 4.98 Å². The molecule has 5 rings (SSSR count). The molecule has 0 unspecified atom stereocenters. The fourth-order valence-corrected chi connectivity index (χ4v) is 3.30. The molecule has 3 aromatic heterocycles. The van der Waals surface area contributed by atoms with E-state index >= 15 is 0 Å². The van der Waals surface area contributed by atoms with Gasteiger partial charge in [-0.15, -0.1) is 5.10 Å². The molecule has 0 aliphatic heterocycles. The molecule has 0 saturated carbocycles. The summed E-state index contributed by atoms with van der Waals surface area (Å²) in [5.74, 6) is 0.808. The van der Waals surface area contributed by atoms with Gasteiger partial charge in [-0.25, -0.2) is 9.67 Å². The molecule has 0 aliphatic rings. The average molecular weight is 387 g/mol. The highest BCUT2D eigenvalue weighted by Gasteiger charge is 2.15. The highest BCUT2D eigenvalue weighted by atomic mass is 35.5. The third-order valence-corrected chi connectivity index (χ3v) is 4.75. The maximum atomic E-state index is 5.97. The van der Waals surface area contributed by atoms with Gasteiger partial charge in [-0.05, 0) is 48.5 Å². The van der Waals surface area contributed by atoms with Crippen LogP contribution in [0.1, 0.15) is 5.69 Å². The summed E-state index contributed by atoms with van der Waals surface area (Å²) in [6.45, 7) is 0.542. The van der Waals surface area contributed by atoms with Gasteiger partial charge >= 0.3 is 0 Å². The number of aromatic nitrogens is 6. The maximum Gasteiger partial charge on any atom is 0.160 e. The van der Waals surface area contributed by atoms with Gasteiger partial charge in [-0.2, -0.15) is 0 Å². The van der Waals surface area contributed by atoms with Crippen LogP contribution in [0.25, 0.3) is 28.2 Å². The number of pyridine rings is 1. The van der Waals surface area contributed by atoms with E-state index in [2.05, 4.69) is 25.9 Å². The number of para-hydroxylation sites is 2. The first-order valence-corrected chi connectivity index (χ1v) is 9.19. The number of nitrogens with zero attached hydrogens (tertiary/aromatic N) is 6. The molecule has 0 bridgehead atoms. The second-order valence-electron chi connectivity index (χ2n) is 6.36. The van der Waals surface area contributed by atoms with Crippen LogP contribution in [0.4, 0.5) is 0 Å². The highest BCUT2D eigenvalue weighted by Crippen LogP contribution is 2.24. The first kappa shape index (κ1) is 16.6. The quantitative estimate of drug-likeness (QED) is 0.460. The molecule has 0 fully saturated rings. The lowest BCUT2D eigenvalue weighted by Gasteiger charge is -2.06. The van der Waals surface area contributed by atoms with Crippen LogP contribution in [0.3, 0.4) is 0 Å². The summed E-state index contributed by atoms with van der Waals surface area (Å²) in [6, 6.07) is 21.4. The van der Waals surface area contributed by atoms with Crippen LogP contribution in [-0.2, 0) is 6.54 Å². The zero-order chi connectivity index (χ0) is 18.9. The van der Waals surface area contributed by atoms with Crippen molar-refractivity contribution >= 4 is 22.6 Å². The Hall–Kier alpha value is -3.51. The number of hydrogen-bond acceptors (Lipinski definition) is 4. The minimum atomic E-state index is 0.542. The van der Waals surface area contributed by atoms with Crippen LogP contribution in [0, 0.1) is 0 Å². The Morgan fingerprint density at radius 3 is 2.54 bits per heavy atom. The van der Waals surface area contributed by atoms with Crippen molar-refractivity contribution < 1.29 is 0 Å². The molecule has 0 aliphatic carbocycles. The van der Waals surface area contributed by atoms with Gasteiger partial charge in [0.1, 0.15) is 11.4 Å². The summed E-state index contributed by atoms with van der Waals surface area (Å²) < 4.78 is 3.86. The Morgan fingerprint density at radius 2 is 1.71 bits per heavy atom. The fourth-order valence-electron chi connectivity index (χ4n) is 3.18. The zero-order valence-corrected chi connectivity index (χ0v) is 15.5. The molecule has 0 amide bonds. The van der Waals surface area contributed by atoms with Crippen molar-refractivity contribution in [3.8, 4) is 17.2 Å². The summed E-state index contributed by atoms with van der Waals surface area (Å²) in [5, 5.41) is 9.28. The van der Waals surface area contributed by atoms with Crippen LogP contribution < -0.4 is 0 Å². The van der Waals surface area contributed by atoms with Crippen molar-refractivity contribution in [1.82, 2.24) is 29.5 Å². The molecule has 0 atom stereocenters. The standard InChI is InChI=1S/C21H15ClN6/c22-15-8-10-17(11-9-15)28-14-16(25-26-28)13-27-20-7-2-1-5-18(20)24-21(27)19-6-3-4-12-23-19/h1-12,14H,13H2. The Bertz CT molecular complexity index is 1240. The fraction of sp³-hybridized carbons (Fsp3) is 0.0476. The Balaban J connectivity index is 1.56. The minimum absolute atomic E-state index is 0.542. The molecule has 0 N–H and O–H groups in total. The molecule has 7 heteroatoms. The summed E-state index contributed by atoms with van der Waals surface area (Å²) in [5.41, 5.74) is 4.51. The molecular formula is C21H15ClN6. The van der Waals surface area contributed by atoms with Crippen molar-refractivity contribution in [3.63, 3.8) is 0 Å². The smallest absolute Gasteiger partial charge is 0.160 e. The van der Waals surface area contributed by atoms with E-state index in [0.717, 1.165) is 33.9 Å². The second-order valence-corrected chi connectivity index (χ2v) is 6.79. The van der Waals surface area contributed by atoms with E-state index in [9.17, 15) is 0 Å². The van der Waals surface area contributed by atoms with Crippen molar-refractivity contribution in [2.45, 2.75) is 6.54 Å². The van der Waals surface area contributed by atoms with E-state index in [0.29, 0.717) is 11.6 Å². The summed E-state index contributed by atoms with van der Waals surface area (Å²) in [6.07, 6.45) is 3.69. The number of benzene rings is 2. The normalized spacial score (nSPS) is 11.2. The Kier molecular flexibility index (Phi) is 4.10. The summed E-state index contributed by atoms with van der Waals surface area (Å²) in [4.78, 5) is 9.26. The van der Waals surface area contributed by atoms with E-state index < -0.39 is 0 Å². The van der Waals surface area contributed by atoms with Crippen molar-refractivity contribution in [2.24, 2.45) is 0 Å². The van der Waals surface area contributed by atoms with E-state index in [1.54, 1.807) is 10.9 Å². The van der Waals surface area contributed by atoms with Crippen LogP contribution in [0.2, 0.25) is 5.02 Å². The highest BCUT2D eigenvalue weighted by molar-refractivity contribution is 6.30. The van der Waals surface area contributed by atoms with Crippen LogP contribution in [0.15, 0.2) is 79.1 Å². The summed E-state index contributed by atoms with van der Waals surface area (Å²) in [7, 11) is 0. The lowest BCUT2D eigenvalue weighted by atomic mass is 10.3. The van der Waals surface area contributed by atoms with Gasteiger partial charge in [0.15, 0.2) is 5.82 Å². The van der Waals surface area contributed by atoms with Crippen LogP contribution >= 0.6 is 11.6 Å². The monoisotopic (exact) mass is 386 g/mol. The van der Waals surface area contributed by atoms with Crippen LogP contribution in [0.5, 0.6) is 0 Å². The first-order valence-electron chi connectivity index (χ1n) is 8.82. The number of halogens is 1. The SMILES string of the molecule is Clc1ccc(-n2cc(Cn3c(-c4ccccn4)nc4ccccc43)nn2)cc1. The molecule has 136 valence electrons. The van der Waals surface area contributed by atoms with E-state index in [-0.39, 0.29) is 0 Å². The predicted molar refractivity (Wildman–Crippen MR) is 108 cm³/mol. The van der Waals surface area contributed by atoms with Crippen molar-refractivity contribution in [3.05, 3.63) is 89.8 Å². The number of rotatable bonds is 4. The van der Waals surface area contributed by atoms with Gasteiger partial charge in [0.05, 0.1) is 29.5 Å². The van der Waals surface area contributed by atoms with Gasteiger partial charge in [0.25, 0.3) is 0 Å².